The maximum atomic E-state index is 12.3. The van der Waals surface area contributed by atoms with Crippen molar-refractivity contribution in [3.05, 3.63) is 58.6 Å². The van der Waals surface area contributed by atoms with Gasteiger partial charge in [-0.25, -0.2) is 0 Å². The summed E-state index contributed by atoms with van der Waals surface area (Å²) in [6, 6.07) is 15.3. The van der Waals surface area contributed by atoms with Crippen molar-refractivity contribution in [3.63, 3.8) is 0 Å². The Morgan fingerprint density at radius 3 is 2.76 bits per heavy atom. The third kappa shape index (κ3) is 3.26. The van der Waals surface area contributed by atoms with Gasteiger partial charge in [0, 0.05) is 17.1 Å². The molecule has 1 saturated heterocycles. The van der Waals surface area contributed by atoms with Crippen LogP contribution in [0.15, 0.2) is 53.0 Å². The lowest BCUT2D eigenvalue weighted by atomic mass is 10.1. The molecule has 0 saturated carbocycles. The molecule has 0 radical (unpaired) electrons. The molecule has 2 aliphatic rings. The van der Waals surface area contributed by atoms with Gasteiger partial charge in [-0.15, -0.1) is 0 Å². The molecule has 2 aromatic carbocycles. The molecule has 2 heterocycles. The molecule has 6 heteroatoms. The molecule has 2 unspecified atom stereocenters. The zero-order valence-corrected chi connectivity index (χ0v) is 15.1. The molecule has 25 heavy (non-hydrogen) atoms. The van der Waals surface area contributed by atoms with Gasteiger partial charge in [-0.2, -0.15) is 0 Å². The van der Waals surface area contributed by atoms with E-state index in [0.717, 1.165) is 21.4 Å². The van der Waals surface area contributed by atoms with E-state index in [1.807, 2.05) is 48.5 Å². The van der Waals surface area contributed by atoms with Crippen molar-refractivity contribution in [2.24, 2.45) is 0 Å². The average Bonchev–Trinajstić information content (AvgIpc) is 3.01. The molecule has 1 fully saturated rings. The van der Waals surface area contributed by atoms with Crippen LogP contribution in [-0.4, -0.2) is 30.4 Å². The standard InChI is InChI=1S/C19H18BrN3O2/c20-13-7-5-12(6-8-13)9-18(24)21-14-10-17-19(25)22-15-3-1-2-4-16(15)23(17)11-14/h1-8,14,17H,9-11H2,(H,21,24)(H,22,25). The fourth-order valence-electron chi connectivity index (χ4n) is 3.57. The maximum Gasteiger partial charge on any atom is 0.247 e. The number of hydrogen-bond acceptors (Lipinski definition) is 3. The molecular formula is C19H18BrN3O2. The van der Waals surface area contributed by atoms with E-state index in [1.165, 1.54) is 0 Å². The summed E-state index contributed by atoms with van der Waals surface area (Å²) in [5.74, 6) is -0.00998. The van der Waals surface area contributed by atoms with Crippen LogP contribution in [0.4, 0.5) is 11.4 Å². The summed E-state index contributed by atoms with van der Waals surface area (Å²) in [6.45, 7) is 0.654. The molecule has 4 rings (SSSR count). The first-order valence-corrected chi connectivity index (χ1v) is 9.10. The normalized spacial score (nSPS) is 21.3. The summed E-state index contributed by atoms with van der Waals surface area (Å²) >= 11 is 3.39. The SMILES string of the molecule is O=C(Cc1ccc(Br)cc1)NC1CC2C(=O)Nc3ccccc3N2C1. The Kier molecular flexibility index (Phi) is 4.21. The van der Waals surface area contributed by atoms with Gasteiger partial charge in [0.2, 0.25) is 11.8 Å². The second kappa shape index (κ2) is 6.52. The maximum absolute atomic E-state index is 12.3. The lowest BCUT2D eigenvalue weighted by molar-refractivity contribution is -0.121. The Bertz CT molecular complexity index is 822. The van der Waals surface area contributed by atoms with Gasteiger partial charge in [0.05, 0.1) is 17.8 Å². The van der Waals surface area contributed by atoms with E-state index in [1.54, 1.807) is 0 Å². The number of rotatable bonds is 3. The highest BCUT2D eigenvalue weighted by Crippen LogP contribution is 2.36. The number of anilines is 2. The molecule has 0 aromatic heterocycles. The van der Waals surface area contributed by atoms with Gasteiger partial charge in [0.25, 0.3) is 0 Å². The second-order valence-electron chi connectivity index (χ2n) is 6.48. The van der Waals surface area contributed by atoms with Crippen molar-refractivity contribution in [1.29, 1.82) is 0 Å². The third-order valence-corrected chi connectivity index (χ3v) is 5.25. The van der Waals surface area contributed by atoms with Crippen LogP contribution in [0.1, 0.15) is 12.0 Å². The van der Waals surface area contributed by atoms with Crippen LogP contribution in [-0.2, 0) is 16.0 Å². The first-order chi connectivity index (χ1) is 12.1. The Hall–Kier alpha value is -2.34. The quantitative estimate of drug-likeness (QED) is 0.833. The van der Waals surface area contributed by atoms with Gasteiger partial charge in [0.1, 0.15) is 6.04 Å². The van der Waals surface area contributed by atoms with Crippen molar-refractivity contribution < 1.29 is 9.59 Å². The van der Waals surface area contributed by atoms with Crippen molar-refractivity contribution in [2.45, 2.75) is 24.9 Å². The monoisotopic (exact) mass is 399 g/mol. The van der Waals surface area contributed by atoms with Crippen LogP contribution >= 0.6 is 15.9 Å². The topological polar surface area (TPSA) is 61.4 Å². The number of nitrogens with one attached hydrogen (secondary N) is 2. The molecule has 2 aromatic rings. The third-order valence-electron chi connectivity index (χ3n) is 4.72. The van der Waals surface area contributed by atoms with Crippen LogP contribution in [0.5, 0.6) is 0 Å². The molecule has 0 aliphatic carbocycles. The van der Waals surface area contributed by atoms with E-state index >= 15 is 0 Å². The van der Waals surface area contributed by atoms with Gasteiger partial charge in [-0.3, -0.25) is 9.59 Å². The molecule has 5 nitrogen and oxygen atoms in total. The van der Waals surface area contributed by atoms with Crippen LogP contribution in [0.25, 0.3) is 0 Å². The minimum Gasteiger partial charge on any atom is -0.356 e. The highest BCUT2D eigenvalue weighted by Gasteiger charge is 2.41. The zero-order valence-electron chi connectivity index (χ0n) is 13.5. The highest BCUT2D eigenvalue weighted by atomic mass is 79.9. The number of nitrogens with zero attached hydrogens (tertiary/aromatic N) is 1. The van der Waals surface area contributed by atoms with E-state index in [4.69, 9.17) is 0 Å². The number of carbonyl (C=O) groups is 2. The fourth-order valence-corrected chi connectivity index (χ4v) is 3.83. The van der Waals surface area contributed by atoms with E-state index in [9.17, 15) is 9.59 Å². The predicted molar refractivity (Wildman–Crippen MR) is 101 cm³/mol. The number of amides is 2. The van der Waals surface area contributed by atoms with Crippen LogP contribution in [0.2, 0.25) is 0 Å². The van der Waals surface area contributed by atoms with Crippen LogP contribution < -0.4 is 15.5 Å². The molecule has 128 valence electrons. The number of benzene rings is 2. The number of para-hydroxylation sites is 2. The van der Waals surface area contributed by atoms with E-state index in [-0.39, 0.29) is 23.9 Å². The van der Waals surface area contributed by atoms with Crippen molar-refractivity contribution in [2.75, 3.05) is 16.8 Å². The lowest BCUT2D eigenvalue weighted by Gasteiger charge is -2.32. The summed E-state index contributed by atoms with van der Waals surface area (Å²) < 4.78 is 0.994. The van der Waals surface area contributed by atoms with Crippen molar-refractivity contribution in [1.82, 2.24) is 5.32 Å². The van der Waals surface area contributed by atoms with Gasteiger partial charge in [-0.1, -0.05) is 40.2 Å². The summed E-state index contributed by atoms with van der Waals surface area (Å²) in [6.07, 6.45) is 0.976. The van der Waals surface area contributed by atoms with Gasteiger partial charge < -0.3 is 15.5 Å². The van der Waals surface area contributed by atoms with E-state index in [2.05, 4.69) is 31.5 Å². The predicted octanol–water partition coefficient (Wildman–Crippen LogP) is 2.71. The fraction of sp³-hybridized carbons (Fsp3) is 0.263. The Labute approximate surface area is 154 Å². The molecular weight excluding hydrogens is 382 g/mol. The van der Waals surface area contributed by atoms with Gasteiger partial charge in [-0.05, 0) is 36.2 Å². The molecule has 2 amide bonds. The van der Waals surface area contributed by atoms with Crippen molar-refractivity contribution in [3.8, 4) is 0 Å². The minimum atomic E-state index is -0.215. The summed E-state index contributed by atoms with van der Waals surface area (Å²) in [4.78, 5) is 26.8. The number of hydrogen-bond donors (Lipinski definition) is 2. The Morgan fingerprint density at radius 2 is 1.96 bits per heavy atom. The first-order valence-electron chi connectivity index (χ1n) is 8.30. The van der Waals surface area contributed by atoms with E-state index < -0.39 is 0 Å². The molecule has 2 atom stereocenters. The molecule has 2 aliphatic heterocycles. The zero-order chi connectivity index (χ0) is 17.4. The molecule has 0 bridgehead atoms. The van der Waals surface area contributed by atoms with Crippen LogP contribution in [0, 0.1) is 0 Å². The number of halogens is 1. The molecule has 2 N–H and O–H groups in total. The lowest BCUT2D eigenvalue weighted by Crippen LogP contribution is -2.44. The Balaban J connectivity index is 1.43. The highest BCUT2D eigenvalue weighted by molar-refractivity contribution is 9.10. The second-order valence-corrected chi connectivity index (χ2v) is 7.39. The number of carbonyl (C=O) groups excluding carboxylic acids is 2. The summed E-state index contributed by atoms with van der Waals surface area (Å²) in [5.41, 5.74) is 2.84. The van der Waals surface area contributed by atoms with E-state index in [0.29, 0.717) is 19.4 Å². The Morgan fingerprint density at radius 1 is 1.20 bits per heavy atom. The van der Waals surface area contributed by atoms with Crippen molar-refractivity contribution >= 4 is 39.1 Å². The number of fused-ring (bicyclic) bond motifs is 3. The smallest absolute Gasteiger partial charge is 0.247 e. The van der Waals surface area contributed by atoms with Gasteiger partial charge >= 0.3 is 0 Å². The minimum absolute atomic E-state index is 0.00311. The molecule has 0 spiro atoms. The summed E-state index contributed by atoms with van der Waals surface area (Å²) in [5, 5.41) is 6.03. The van der Waals surface area contributed by atoms with Gasteiger partial charge in [0.15, 0.2) is 0 Å². The van der Waals surface area contributed by atoms with Crippen LogP contribution in [0.3, 0.4) is 0 Å². The summed E-state index contributed by atoms with van der Waals surface area (Å²) in [7, 11) is 0. The average molecular weight is 400 g/mol. The first kappa shape index (κ1) is 16.1. The largest absolute Gasteiger partial charge is 0.356 e.